The lowest BCUT2D eigenvalue weighted by atomic mass is 9.82. The van der Waals surface area contributed by atoms with Crippen LogP contribution in [0, 0.1) is 24.7 Å². The summed E-state index contributed by atoms with van der Waals surface area (Å²) in [6.07, 6.45) is 2.93. The van der Waals surface area contributed by atoms with E-state index in [1.165, 1.54) is 5.56 Å². The maximum Gasteiger partial charge on any atom is 0.160 e. The normalized spacial score (nSPS) is 31.8. The highest BCUT2D eigenvalue weighted by molar-refractivity contribution is 6.16. The summed E-state index contributed by atoms with van der Waals surface area (Å²) < 4.78 is 11.3. The largest absolute Gasteiger partial charge is 0.350 e. The topological polar surface area (TPSA) is 52.6 Å². The number of carbonyl (C=O) groups is 2. The summed E-state index contributed by atoms with van der Waals surface area (Å²) in [5.74, 6) is -0.415. The van der Waals surface area contributed by atoms with Crippen LogP contribution in [0.15, 0.2) is 12.1 Å². The summed E-state index contributed by atoms with van der Waals surface area (Å²) in [6, 6.07) is 4.29. The van der Waals surface area contributed by atoms with Crippen LogP contribution in [-0.4, -0.2) is 31.1 Å². The molecule has 4 heteroatoms. The number of benzene rings is 1. The second-order valence-corrected chi connectivity index (χ2v) is 8.00. The summed E-state index contributed by atoms with van der Waals surface area (Å²) in [6.45, 7) is 7.52. The fourth-order valence-electron chi connectivity index (χ4n) is 5.34. The minimum absolute atomic E-state index is 0.133. The molecule has 0 aromatic heterocycles. The SMILES string of the molecule is CCc1cc(C)cc(CC)c1C1C(=O)C2CC(C3OCCO3)CC2C1=O. The third-order valence-corrected chi connectivity index (χ3v) is 6.48. The van der Waals surface area contributed by atoms with Crippen LogP contribution in [0.2, 0.25) is 0 Å². The standard InChI is InChI=1S/C22H28O4/c1-4-13-8-12(3)9-14(5-2)18(13)19-20(23)16-10-15(11-17(16)21(19)24)22-25-6-7-26-22/h8-9,15-17,19,22H,4-7,10-11H2,1-3H3. The van der Waals surface area contributed by atoms with Crippen molar-refractivity contribution >= 4 is 11.6 Å². The molecule has 4 nitrogen and oxygen atoms in total. The lowest BCUT2D eigenvalue weighted by molar-refractivity contribution is -0.127. The van der Waals surface area contributed by atoms with Crippen LogP contribution in [0.25, 0.3) is 0 Å². The number of carbonyl (C=O) groups excluding carboxylic acids is 2. The lowest BCUT2D eigenvalue weighted by Crippen LogP contribution is -2.24. The van der Waals surface area contributed by atoms with Gasteiger partial charge in [0.05, 0.1) is 13.2 Å². The zero-order chi connectivity index (χ0) is 18.4. The Kier molecular flexibility index (Phi) is 4.74. The molecule has 1 aromatic carbocycles. The van der Waals surface area contributed by atoms with Gasteiger partial charge in [0.15, 0.2) is 17.9 Å². The first-order chi connectivity index (χ1) is 12.5. The van der Waals surface area contributed by atoms with Gasteiger partial charge in [-0.05, 0) is 49.3 Å². The van der Waals surface area contributed by atoms with Crippen LogP contribution in [0.5, 0.6) is 0 Å². The highest BCUT2D eigenvalue weighted by Crippen LogP contribution is 2.50. The van der Waals surface area contributed by atoms with Gasteiger partial charge in [-0.25, -0.2) is 0 Å². The molecule has 4 rings (SSSR count). The monoisotopic (exact) mass is 356 g/mol. The number of rotatable bonds is 4. The van der Waals surface area contributed by atoms with Crippen LogP contribution in [0.3, 0.4) is 0 Å². The van der Waals surface area contributed by atoms with Gasteiger partial charge in [0.2, 0.25) is 0 Å². The van der Waals surface area contributed by atoms with Crippen LogP contribution >= 0.6 is 0 Å². The van der Waals surface area contributed by atoms with E-state index in [-0.39, 0.29) is 35.6 Å². The van der Waals surface area contributed by atoms with Crippen molar-refractivity contribution in [1.82, 2.24) is 0 Å². The maximum atomic E-state index is 13.3. The van der Waals surface area contributed by atoms with E-state index in [0.29, 0.717) is 13.2 Å². The molecule has 0 radical (unpaired) electrons. The van der Waals surface area contributed by atoms with Crippen LogP contribution < -0.4 is 0 Å². The number of hydrogen-bond acceptors (Lipinski definition) is 4. The van der Waals surface area contributed by atoms with Gasteiger partial charge >= 0.3 is 0 Å². The summed E-state index contributed by atoms with van der Waals surface area (Å²) >= 11 is 0. The third kappa shape index (κ3) is 2.74. The first-order valence-corrected chi connectivity index (χ1v) is 9.98. The predicted molar refractivity (Wildman–Crippen MR) is 98.1 cm³/mol. The molecule has 2 atom stereocenters. The first kappa shape index (κ1) is 17.9. The molecule has 26 heavy (non-hydrogen) atoms. The molecule has 2 unspecified atom stereocenters. The quantitative estimate of drug-likeness (QED) is 0.776. The molecule has 0 bridgehead atoms. The predicted octanol–water partition coefficient (Wildman–Crippen LogP) is 3.37. The van der Waals surface area contributed by atoms with Crippen molar-refractivity contribution in [3.63, 3.8) is 0 Å². The van der Waals surface area contributed by atoms with Crippen LogP contribution in [0.4, 0.5) is 0 Å². The molecule has 0 amide bonds. The fraction of sp³-hybridized carbons (Fsp3) is 0.636. The van der Waals surface area contributed by atoms with E-state index in [9.17, 15) is 9.59 Å². The van der Waals surface area contributed by atoms with Crippen LogP contribution in [-0.2, 0) is 31.9 Å². The number of ketones is 2. The van der Waals surface area contributed by atoms with E-state index in [0.717, 1.165) is 42.4 Å². The smallest absolute Gasteiger partial charge is 0.160 e. The van der Waals surface area contributed by atoms with Crippen molar-refractivity contribution in [1.29, 1.82) is 0 Å². The molecule has 3 fully saturated rings. The Hall–Kier alpha value is -1.52. The Morgan fingerprint density at radius 2 is 1.42 bits per heavy atom. The summed E-state index contributed by atoms with van der Waals surface area (Å²) in [4.78, 5) is 26.6. The minimum Gasteiger partial charge on any atom is -0.350 e. The van der Waals surface area contributed by atoms with E-state index in [1.54, 1.807) is 0 Å². The van der Waals surface area contributed by atoms with Gasteiger partial charge in [-0.15, -0.1) is 0 Å². The van der Waals surface area contributed by atoms with Crippen molar-refractivity contribution in [2.75, 3.05) is 13.2 Å². The van der Waals surface area contributed by atoms with E-state index < -0.39 is 5.92 Å². The Morgan fingerprint density at radius 1 is 0.923 bits per heavy atom. The van der Waals surface area contributed by atoms with Gasteiger partial charge in [0.25, 0.3) is 0 Å². The first-order valence-electron chi connectivity index (χ1n) is 9.98. The molecule has 1 saturated heterocycles. The maximum absolute atomic E-state index is 13.3. The Bertz CT molecular complexity index is 683. The Balaban J connectivity index is 1.65. The summed E-state index contributed by atoms with van der Waals surface area (Å²) in [7, 11) is 0. The highest BCUT2D eigenvalue weighted by Gasteiger charge is 2.56. The number of fused-ring (bicyclic) bond motifs is 1. The second-order valence-electron chi connectivity index (χ2n) is 8.00. The minimum atomic E-state index is -0.554. The van der Waals surface area contributed by atoms with Crippen molar-refractivity contribution in [3.05, 3.63) is 34.4 Å². The van der Waals surface area contributed by atoms with Crippen molar-refractivity contribution in [2.45, 2.75) is 58.7 Å². The van der Waals surface area contributed by atoms with E-state index >= 15 is 0 Å². The third-order valence-electron chi connectivity index (χ3n) is 6.48. The molecular formula is C22H28O4. The van der Waals surface area contributed by atoms with E-state index in [1.807, 2.05) is 0 Å². The van der Waals surface area contributed by atoms with E-state index in [4.69, 9.17) is 9.47 Å². The van der Waals surface area contributed by atoms with Crippen molar-refractivity contribution in [2.24, 2.45) is 17.8 Å². The number of ether oxygens (including phenoxy) is 2. The Labute approximate surface area is 155 Å². The Morgan fingerprint density at radius 3 is 1.88 bits per heavy atom. The van der Waals surface area contributed by atoms with Gasteiger partial charge in [-0.1, -0.05) is 31.5 Å². The molecule has 2 saturated carbocycles. The molecule has 1 heterocycles. The summed E-state index contributed by atoms with van der Waals surface area (Å²) in [5, 5.41) is 0. The van der Waals surface area contributed by atoms with Gasteiger partial charge in [0.1, 0.15) is 5.92 Å². The zero-order valence-electron chi connectivity index (χ0n) is 15.9. The van der Waals surface area contributed by atoms with Gasteiger partial charge in [-0.3, -0.25) is 9.59 Å². The molecule has 1 aromatic rings. The highest BCUT2D eigenvalue weighted by atomic mass is 16.7. The van der Waals surface area contributed by atoms with Gasteiger partial charge in [-0.2, -0.15) is 0 Å². The number of hydrogen-bond donors (Lipinski definition) is 0. The molecule has 0 spiro atoms. The van der Waals surface area contributed by atoms with Gasteiger partial charge in [0, 0.05) is 17.8 Å². The average molecular weight is 356 g/mol. The molecular weight excluding hydrogens is 328 g/mol. The van der Waals surface area contributed by atoms with Crippen LogP contribution in [0.1, 0.15) is 54.9 Å². The summed E-state index contributed by atoms with van der Waals surface area (Å²) in [5.41, 5.74) is 4.53. The lowest BCUT2D eigenvalue weighted by Gasteiger charge is -2.21. The van der Waals surface area contributed by atoms with Crippen molar-refractivity contribution in [3.8, 4) is 0 Å². The fourth-order valence-corrected chi connectivity index (χ4v) is 5.34. The van der Waals surface area contributed by atoms with Crippen molar-refractivity contribution < 1.29 is 19.1 Å². The zero-order valence-corrected chi connectivity index (χ0v) is 15.9. The molecule has 1 aliphatic heterocycles. The second kappa shape index (κ2) is 6.90. The number of aryl methyl sites for hydroxylation is 3. The molecule has 3 aliphatic rings. The van der Waals surface area contributed by atoms with Gasteiger partial charge < -0.3 is 9.47 Å². The molecule has 2 aliphatic carbocycles. The average Bonchev–Trinajstić information content (AvgIpc) is 3.34. The molecule has 0 N–H and O–H groups in total. The molecule has 140 valence electrons. The number of Topliss-reactive ketones (excluding diaryl/α,β-unsaturated/α-hetero) is 2. The van der Waals surface area contributed by atoms with E-state index in [2.05, 4.69) is 32.9 Å².